The quantitative estimate of drug-likeness (QED) is 0.315. The molecular weight excluding hydrogens is 380 g/mol. The number of hydrazone groups is 1. The fourth-order valence-corrected chi connectivity index (χ4v) is 2.92. The van der Waals surface area contributed by atoms with Crippen LogP contribution in [0, 0.1) is 6.92 Å². The first kappa shape index (κ1) is 21.3. The SMILES string of the molecule is COC(=O)Oc1ccc(/C=N\NC(=O)CSCc2ccc(C)cc2)cc1OC. The number of ether oxygens (including phenoxy) is 3. The van der Waals surface area contributed by atoms with Crippen molar-refractivity contribution in [3.05, 3.63) is 59.2 Å². The van der Waals surface area contributed by atoms with Gasteiger partial charge in [-0.15, -0.1) is 11.8 Å². The Labute approximate surface area is 168 Å². The molecule has 0 fully saturated rings. The fraction of sp³-hybridized carbons (Fsp3) is 0.250. The minimum absolute atomic E-state index is 0.189. The van der Waals surface area contributed by atoms with Crippen molar-refractivity contribution < 1.29 is 23.8 Å². The van der Waals surface area contributed by atoms with Gasteiger partial charge >= 0.3 is 6.16 Å². The molecule has 0 radical (unpaired) electrons. The average molecular weight is 402 g/mol. The van der Waals surface area contributed by atoms with Crippen LogP contribution >= 0.6 is 11.8 Å². The van der Waals surface area contributed by atoms with Gasteiger partial charge in [0.05, 0.1) is 26.2 Å². The Kier molecular flexibility index (Phi) is 8.36. The molecule has 2 aromatic rings. The zero-order chi connectivity index (χ0) is 20.4. The van der Waals surface area contributed by atoms with Crippen molar-refractivity contribution >= 4 is 30.0 Å². The normalized spacial score (nSPS) is 10.5. The second-order valence-corrected chi connectivity index (χ2v) is 6.72. The molecule has 0 saturated carbocycles. The number of hydrogen-bond donors (Lipinski definition) is 1. The largest absolute Gasteiger partial charge is 0.513 e. The third-order valence-corrected chi connectivity index (χ3v) is 4.58. The molecule has 28 heavy (non-hydrogen) atoms. The lowest BCUT2D eigenvalue weighted by atomic mass is 10.2. The van der Waals surface area contributed by atoms with Crippen LogP contribution in [0.5, 0.6) is 11.5 Å². The summed E-state index contributed by atoms with van der Waals surface area (Å²) in [6.45, 7) is 2.04. The number of aryl methyl sites for hydroxylation is 1. The predicted molar refractivity (Wildman–Crippen MR) is 109 cm³/mol. The maximum absolute atomic E-state index is 11.9. The molecule has 2 rings (SSSR count). The Morgan fingerprint density at radius 3 is 2.54 bits per heavy atom. The van der Waals surface area contributed by atoms with Gasteiger partial charge in [-0.05, 0) is 36.2 Å². The van der Waals surface area contributed by atoms with Gasteiger partial charge in [-0.1, -0.05) is 29.8 Å². The summed E-state index contributed by atoms with van der Waals surface area (Å²) in [4.78, 5) is 23.1. The van der Waals surface area contributed by atoms with Crippen LogP contribution in [0.2, 0.25) is 0 Å². The summed E-state index contributed by atoms with van der Waals surface area (Å²) in [6, 6.07) is 13.1. The molecule has 0 saturated heterocycles. The van der Waals surface area contributed by atoms with Gasteiger partial charge in [0, 0.05) is 5.75 Å². The van der Waals surface area contributed by atoms with E-state index in [0.717, 1.165) is 5.75 Å². The Morgan fingerprint density at radius 2 is 1.86 bits per heavy atom. The third-order valence-electron chi connectivity index (χ3n) is 3.57. The molecule has 0 aromatic heterocycles. The summed E-state index contributed by atoms with van der Waals surface area (Å²) in [6.07, 6.45) is 0.641. The number of methoxy groups -OCH3 is 2. The highest BCUT2D eigenvalue weighted by molar-refractivity contribution is 7.99. The first-order valence-corrected chi connectivity index (χ1v) is 9.56. The first-order valence-electron chi connectivity index (χ1n) is 8.41. The van der Waals surface area contributed by atoms with Gasteiger partial charge < -0.3 is 14.2 Å². The molecule has 1 N–H and O–H groups in total. The van der Waals surface area contributed by atoms with E-state index >= 15 is 0 Å². The molecule has 0 unspecified atom stereocenters. The van der Waals surface area contributed by atoms with Crippen LogP contribution in [0.4, 0.5) is 4.79 Å². The molecule has 8 heteroatoms. The van der Waals surface area contributed by atoms with Crippen molar-refractivity contribution in [1.29, 1.82) is 0 Å². The molecule has 0 heterocycles. The van der Waals surface area contributed by atoms with E-state index in [1.165, 1.54) is 43.3 Å². The molecule has 0 atom stereocenters. The molecule has 0 aliphatic carbocycles. The summed E-state index contributed by atoms with van der Waals surface area (Å²) in [7, 11) is 2.67. The molecular formula is C20H22N2O5S. The van der Waals surface area contributed by atoms with E-state index in [4.69, 9.17) is 9.47 Å². The van der Waals surface area contributed by atoms with Crippen molar-refractivity contribution in [3.8, 4) is 11.5 Å². The number of thioether (sulfide) groups is 1. The zero-order valence-corrected chi connectivity index (χ0v) is 16.7. The van der Waals surface area contributed by atoms with Crippen molar-refractivity contribution in [1.82, 2.24) is 5.43 Å². The minimum atomic E-state index is -0.838. The van der Waals surface area contributed by atoms with Crippen molar-refractivity contribution in [2.75, 3.05) is 20.0 Å². The fourth-order valence-electron chi connectivity index (χ4n) is 2.14. The van der Waals surface area contributed by atoms with E-state index < -0.39 is 6.16 Å². The molecule has 0 aliphatic heterocycles. The molecule has 0 bridgehead atoms. The number of rotatable bonds is 8. The number of carbonyl (C=O) groups excluding carboxylic acids is 2. The Hall–Kier alpha value is -3.00. The lowest BCUT2D eigenvalue weighted by molar-refractivity contribution is -0.118. The maximum atomic E-state index is 11.9. The first-order chi connectivity index (χ1) is 13.5. The summed E-state index contributed by atoms with van der Waals surface area (Å²) < 4.78 is 14.6. The monoisotopic (exact) mass is 402 g/mol. The number of nitrogens with one attached hydrogen (secondary N) is 1. The van der Waals surface area contributed by atoms with Crippen LogP contribution in [-0.2, 0) is 15.3 Å². The van der Waals surface area contributed by atoms with Crippen LogP contribution in [-0.4, -0.2) is 38.2 Å². The van der Waals surface area contributed by atoms with E-state index in [1.54, 1.807) is 18.2 Å². The highest BCUT2D eigenvalue weighted by Gasteiger charge is 2.10. The van der Waals surface area contributed by atoms with Crippen LogP contribution < -0.4 is 14.9 Å². The number of nitrogens with zero attached hydrogens (tertiary/aromatic N) is 1. The van der Waals surface area contributed by atoms with E-state index in [2.05, 4.69) is 39.5 Å². The summed E-state index contributed by atoms with van der Waals surface area (Å²) in [5.41, 5.74) is 5.54. The Bertz CT molecular complexity index is 837. The maximum Gasteiger partial charge on any atom is 0.513 e. The van der Waals surface area contributed by atoms with Gasteiger partial charge in [0.1, 0.15) is 0 Å². The highest BCUT2D eigenvalue weighted by Crippen LogP contribution is 2.27. The molecule has 7 nitrogen and oxygen atoms in total. The predicted octanol–water partition coefficient (Wildman–Crippen LogP) is 3.53. The zero-order valence-electron chi connectivity index (χ0n) is 15.9. The number of benzene rings is 2. The molecule has 148 valence electrons. The Morgan fingerprint density at radius 1 is 1.11 bits per heavy atom. The summed E-state index contributed by atoms with van der Waals surface area (Å²) in [5, 5.41) is 3.94. The van der Waals surface area contributed by atoms with E-state index in [0.29, 0.717) is 17.1 Å². The van der Waals surface area contributed by atoms with Gasteiger partial charge in [-0.2, -0.15) is 5.10 Å². The van der Waals surface area contributed by atoms with Crippen LogP contribution in [0.25, 0.3) is 0 Å². The van der Waals surface area contributed by atoms with Crippen LogP contribution in [0.1, 0.15) is 16.7 Å². The number of carbonyl (C=O) groups is 2. The molecule has 1 amide bonds. The van der Waals surface area contributed by atoms with Crippen molar-refractivity contribution in [2.45, 2.75) is 12.7 Å². The van der Waals surface area contributed by atoms with Crippen LogP contribution in [0.3, 0.4) is 0 Å². The second kappa shape index (κ2) is 11.0. The third kappa shape index (κ3) is 6.96. The topological polar surface area (TPSA) is 86.2 Å². The van der Waals surface area contributed by atoms with E-state index in [1.807, 2.05) is 6.92 Å². The van der Waals surface area contributed by atoms with Gasteiger partial charge in [0.2, 0.25) is 5.91 Å². The number of amides is 1. The second-order valence-electron chi connectivity index (χ2n) is 5.74. The van der Waals surface area contributed by atoms with Gasteiger partial charge in [-0.25, -0.2) is 10.2 Å². The van der Waals surface area contributed by atoms with Gasteiger partial charge in [-0.3, -0.25) is 4.79 Å². The van der Waals surface area contributed by atoms with Gasteiger partial charge in [0.15, 0.2) is 11.5 Å². The smallest absolute Gasteiger partial charge is 0.493 e. The minimum Gasteiger partial charge on any atom is -0.493 e. The molecule has 0 aliphatic rings. The Balaban J connectivity index is 1.81. The standard InChI is InChI=1S/C20H22N2O5S/c1-14-4-6-15(7-5-14)12-28-13-19(23)22-21-11-16-8-9-17(18(10-16)25-2)27-20(24)26-3/h4-11H,12-13H2,1-3H3,(H,22,23)/b21-11-. The molecule has 0 spiro atoms. The summed E-state index contributed by atoms with van der Waals surface area (Å²) >= 11 is 1.52. The van der Waals surface area contributed by atoms with Crippen LogP contribution in [0.15, 0.2) is 47.6 Å². The lowest BCUT2D eigenvalue weighted by Crippen LogP contribution is -2.19. The van der Waals surface area contributed by atoms with Crippen molar-refractivity contribution in [3.63, 3.8) is 0 Å². The molecule has 2 aromatic carbocycles. The summed E-state index contributed by atoms with van der Waals surface area (Å²) in [5.74, 6) is 1.44. The lowest BCUT2D eigenvalue weighted by Gasteiger charge is -2.08. The van der Waals surface area contributed by atoms with Crippen molar-refractivity contribution in [2.24, 2.45) is 5.10 Å². The average Bonchev–Trinajstić information content (AvgIpc) is 2.70. The van der Waals surface area contributed by atoms with Gasteiger partial charge in [0.25, 0.3) is 0 Å². The van der Waals surface area contributed by atoms with E-state index in [9.17, 15) is 9.59 Å². The highest BCUT2D eigenvalue weighted by atomic mass is 32.2. The number of hydrogen-bond acceptors (Lipinski definition) is 7. The van der Waals surface area contributed by atoms with E-state index in [-0.39, 0.29) is 11.7 Å².